The van der Waals surface area contributed by atoms with Crippen LogP contribution in [0.1, 0.15) is 70.3 Å². The van der Waals surface area contributed by atoms with Crippen LogP contribution in [0.3, 0.4) is 0 Å². The van der Waals surface area contributed by atoms with Gasteiger partial charge in [0.15, 0.2) is 0 Å². The fourth-order valence-corrected chi connectivity index (χ4v) is 4.26. The van der Waals surface area contributed by atoms with Crippen LogP contribution in [0.25, 0.3) is 0 Å². The molecule has 1 aromatic rings. The Balaban J connectivity index is 3.26. The summed E-state index contributed by atoms with van der Waals surface area (Å²) in [6.45, 7) is 10.3. The Morgan fingerprint density at radius 1 is 0.955 bits per heavy atom. The molecule has 5 amide bonds. The second-order valence-electron chi connectivity index (χ2n) is 11.2. The van der Waals surface area contributed by atoms with Gasteiger partial charge in [-0.25, -0.2) is 4.79 Å². The lowest BCUT2D eigenvalue weighted by Gasteiger charge is -2.27. The number of carbonyl (C=O) groups excluding carboxylic acids is 5. The second-order valence-corrected chi connectivity index (χ2v) is 12.8. The summed E-state index contributed by atoms with van der Waals surface area (Å²) in [5, 5.41) is 13.5. The van der Waals surface area contributed by atoms with Gasteiger partial charge in [-0.2, -0.15) is 8.42 Å². The van der Waals surface area contributed by atoms with E-state index in [-0.39, 0.29) is 48.3 Å². The second kappa shape index (κ2) is 18.1. The topological polar surface area (TPSA) is 235 Å². The maximum atomic E-state index is 13.4. The molecule has 1 rings (SSSR count). The third kappa shape index (κ3) is 14.6. The quantitative estimate of drug-likeness (QED) is 0.0678. The maximum absolute atomic E-state index is 13.4. The first-order valence-corrected chi connectivity index (χ1v) is 16.0. The minimum Gasteiger partial charge on any atom is -0.461 e. The molecule has 16 heteroatoms. The van der Waals surface area contributed by atoms with Crippen LogP contribution in [0.2, 0.25) is 0 Å². The van der Waals surface area contributed by atoms with E-state index in [0.717, 1.165) is 0 Å². The van der Waals surface area contributed by atoms with E-state index in [1.807, 2.05) is 27.7 Å². The van der Waals surface area contributed by atoms with Crippen molar-refractivity contribution < 1.29 is 41.7 Å². The van der Waals surface area contributed by atoms with E-state index in [0.29, 0.717) is 6.42 Å². The highest BCUT2D eigenvalue weighted by Gasteiger charge is 2.28. The van der Waals surface area contributed by atoms with Gasteiger partial charge < -0.3 is 37.1 Å². The van der Waals surface area contributed by atoms with E-state index >= 15 is 0 Å². The van der Waals surface area contributed by atoms with Crippen molar-refractivity contribution in [1.82, 2.24) is 21.3 Å². The number of nitrogens with one attached hydrogen (secondary N) is 5. The zero-order valence-electron chi connectivity index (χ0n) is 26.1. The van der Waals surface area contributed by atoms with E-state index in [4.69, 9.17) is 15.0 Å². The van der Waals surface area contributed by atoms with Crippen LogP contribution in [0.15, 0.2) is 18.2 Å². The molecule has 0 saturated carbocycles. The van der Waals surface area contributed by atoms with Crippen LogP contribution in [-0.4, -0.2) is 79.7 Å². The molecule has 2 atom stereocenters. The number of hydrogen-bond acceptors (Lipinski definition) is 9. The van der Waals surface area contributed by atoms with Gasteiger partial charge in [0.25, 0.3) is 16.0 Å². The molecule has 0 heterocycles. The Bertz CT molecular complexity index is 1270. The zero-order chi connectivity index (χ0) is 33.6. The van der Waals surface area contributed by atoms with Crippen molar-refractivity contribution in [2.45, 2.75) is 79.1 Å². The van der Waals surface area contributed by atoms with Crippen LogP contribution in [0.4, 0.5) is 10.5 Å². The van der Waals surface area contributed by atoms with Gasteiger partial charge in [0.1, 0.15) is 12.6 Å². The average Bonchev–Trinajstić information content (AvgIpc) is 2.90. The summed E-state index contributed by atoms with van der Waals surface area (Å²) in [5.74, 6) is -3.45. The molecule has 0 aliphatic heterocycles. The molecule has 0 saturated heterocycles. The fourth-order valence-electron chi connectivity index (χ4n) is 3.90. The molecule has 0 radical (unpaired) electrons. The Kier molecular flexibility index (Phi) is 15.8. The first kappa shape index (κ1) is 38.3. The van der Waals surface area contributed by atoms with Crippen molar-refractivity contribution in [2.75, 3.05) is 24.2 Å². The van der Waals surface area contributed by atoms with Crippen molar-refractivity contribution in [1.29, 1.82) is 0 Å². The van der Waals surface area contributed by atoms with Crippen molar-refractivity contribution in [2.24, 2.45) is 17.6 Å². The minimum absolute atomic E-state index is 0.000530. The van der Waals surface area contributed by atoms with Gasteiger partial charge in [0.2, 0.25) is 11.8 Å². The van der Waals surface area contributed by atoms with Crippen LogP contribution in [-0.2, 0) is 35.8 Å². The number of esters is 1. The predicted molar refractivity (Wildman–Crippen MR) is 164 cm³/mol. The number of hydrogen-bond donors (Lipinski definition) is 7. The summed E-state index contributed by atoms with van der Waals surface area (Å²) in [5.41, 5.74) is 5.56. The molecule has 1 aromatic carbocycles. The number of ether oxygens (including phenoxy) is 1. The van der Waals surface area contributed by atoms with Gasteiger partial charge in [-0.1, -0.05) is 47.6 Å². The van der Waals surface area contributed by atoms with E-state index < -0.39 is 70.1 Å². The van der Waals surface area contributed by atoms with Crippen LogP contribution in [0, 0.1) is 11.8 Å². The van der Waals surface area contributed by atoms with Crippen LogP contribution >= 0.6 is 0 Å². The van der Waals surface area contributed by atoms with E-state index in [9.17, 15) is 32.4 Å². The third-order valence-corrected chi connectivity index (χ3v) is 6.89. The van der Waals surface area contributed by atoms with Crippen molar-refractivity contribution in [3.63, 3.8) is 0 Å². The van der Waals surface area contributed by atoms with Crippen molar-refractivity contribution in [3.05, 3.63) is 29.3 Å². The molecule has 15 nitrogen and oxygen atoms in total. The molecule has 0 aliphatic rings. The summed E-state index contributed by atoms with van der Waals surface area (Å²) in [7, 11) is -4.33. The molecule has 0 unspecified atom stereocenters. The monoisotopic (exact) mass is 642 g/mol. The molecule has 8 N–H and O–H groups in total. The Labute approximate surface area is 258 Å². The molecule has 0 aromatic heterocycles. The molecular weight excluding hydrogens is 596 g/mol. The molecule has 0 bridgehead atoms. The Morgan fingerprint density at radius 2 is 1.61 bits per heavy atom. The third-order valence-electron chi connectivity index (χ3n) is 6.17. The van der Waals surface area contributed by atoms with Gasteiger partial charge in [-0.15, -0.1) is 0 Å². The number of primary amides is 1. The average molecular weight is 643 g/mol. The lowest BCUT2D eigenvalue weighted by atomic mass is 10.0. The first-order valence-electron chi connectivity index (χ1n) is 14.3. The van der Waals surface area contributed by atoms with Gasteiger partial charge in [0.05, 0.1) is 17.7 Å². The number of nitrogens with two attached hydrogens (primary N) is 1. The highest BCUT2D eigenvalue weighted by Crippen LogP contribution is 2.19. The predicted octanol–water partition coefficient (Wildman–Crippen LogP) is 0.898. The van der Waals surface area contributed by atoms with Crippen LogP contribution < -0.4 is 32.3 Å². The highest BCUT2D eigenvalue weighted by molar-refractivity contribution is 7.85. The molecular formula is C28H46N6O9S. The molecule has 0 fully saturated rings. The SMILES string of the molecule is CC(C)N[C@H](C(=O)N[C@@H](CCCNC(N)=O)C(=O)Nc1ccc(COC(=O)C(C)C)c(C(=O)NCCS(=O)(=O)O)c1)C(C)C. The fraction of sp³-hybridized carbons (Fsp3) is 0.607. The number of anilines is 1. The summed E-state index contributed by atoms with van der Waals surface area (Å²) in [4.78, 5) is 62.6. The van der Waals surface area contributed by atoms with Gasteiger partial charge in [-0.05, 0) is 30.9 Å². The lowest BCUT2D eigenvalue weighted by Crippen LogP contribution is -2.54. The summed E-state index contributed by atoms with van der Waals surface area (Å²) < 4.78 is 36.4. The summed E-state index contributed by atoms with van der Waals surface area (Å²) >= 11 is 0. The number of rotatable bonds is 18. The van der Waals surface area contributed by atoms with E-state index in [2.05, 4.69) is 26.6 Å². The van der Waals surface area contributed by atoms with Gasteiger partial charge in [-0.3, -0.25) is 23.7 Å². The van der Waals surface area contributed by atoms with Crippen molar-refractivity contribution in [3.8, 4) is 0 Å². The molecule has 248 valence electrons. The summed E-state index contributed by atoms with van der Waals surface area (Å²) in [6, 6.07) is 1.94. The molecule has 44 heavy (non-hydrogen) atoms. The van der Waals surface area contributed by atoms with E-state index in [1.165, 1.54) is 18.2 Å². The number of urea groups is 1. The number of amides is 5. The first-order chi connectivity index (χ1) is 20.4. The standard InChI is InChI=1S/C28H46N6O9S/c1-16(2)23(32-18(5)6)26(37)34-22(8-7-11-31-28(29)39)25(36)33-20-10-9-19(15-43-27(38)17(3)4)21(14-20)24(35)30-12-13-44(40,41)42/h9-10,14,16-18,22-23,32H,7-8,11-13,15H2,1-6H3,(H,30,35)(H,33,36)(H,34,37)(H3,29,31,39)(H,40,41,42)/t22-,23-/m0/s1. The normalized spacial score (nSPS) is 12.9. The molecule has 0 aliphatic carbocycles. The Hall–Kier alpha value is -3.76. The zero-order valence-corrected chi connectivity index (χ0v) is 26.9. The summed E-state index contributed by atoms with van der Waals surface area (Å²) in [6.07, 6.45) is 0.462. The maximum Gasteiger partial charge on any atom is 0.312 e. The van der Waals surface area contributed by atoms with E-state index in [1.54, 1.807) is 13.8 Å². The molecule has 0 spiro atoms. The number of carbonyl (C=O) groups is 5. The van der Waals surface area contributed by atoms with Crippen molar-refractivity contribution >= 4 is 45.5 Å². The lowest BCUT2D eigenvalue weighted by molar-refractivity contribution is -0.148. The highest BCUT2D eigenvalue weighted by atomic mass is 32.2. The number of benzene rings is 1. The van der Waals surface area contributed by atoms with Crippen LogP contribution in [0.5, 0.6) is 0 Å². The minimum atomic E-state index is -4.33. The largest absolute Gasteiger partial charge is 0.461 e. The van der Waals surface area contributed by atoms with Gasteiger partial charge >= 0.3 is 12.0 Å². The Morgan fingerprint density at radius 3 is 2.16 bits per heavy atom. The smallest absolute Gasteiger partial charge is 0.312 e. The van der Waals surface area contributed by atoms with Gasteiger partial charge in [0, 0.05) is 35.9 Å².